The molecule has 0 spiro atoms. The monoisotopic (exact) mass is 431 g/mol. The van der Waals surface area contributed by atoms with Crippen LogP contribution in [0, 0.1) is 11.3 Å². The van der Waals surface area contributed by atoms with E-state index in [0.29, 0.717) is 42.9 Å². The third kappa shape index (κ3) is 4.64. The van der Waals surface area contributed by atoms with Crippen molar-refractivity contribution in [3.8, 4) is 6.07 Å². The van der Waals surface area contributed by atoms with Gasteiger partial charge in [-0.1, -0.05) is 24.3 Å². The largest absolute Gasteiger partial charge is 0.480 e. The van der Waals surface area contributed by atoms with Gasteiger partial charge in [0.05, 0.1) is 6.07 Å². The highest BCUT2D eigenvalue weighted by atomic mass is 16.4. The molecule has 2 heterocycles. The van der Waals surface area contributed by atoms with E-state index in [9.17, 15) is 14.7 Å². The zero-order chi connectivity index (χ0) is 22.5. The number of fused-ring (bicyclic) bond motifs is 1. The molecule has 3 aromatic rings. The van der Waals surface area contributed by atoms with Gasteiger partial charge < -0.3 is 15.4 Å². The molecule has 1 aliphatic rings. The third-order valence-electron chi connectivity index (χ3n) is 5.85. The van der Waals surface area contributed by atoms with Gasteiger partial charge in [-0.2, -0.15) is 5.26 Å². The lowest BCUT2D eigenvalue weighted by Crippen LogP contribution is -2.49. The highest BCUT2D eigenvalue weighted by Crippen LogP contribution is 2.31. The molecule has 0 bridgehead atoms. The van der Waals surface area contributed by atoms with E-state index in [1.807, 2.05) is 35.2 Å². The maximum atomic E-state index is 12.4. The van der Waals surface area contributed by atoms with Gasteiger partial charge in [0, 0.05) is 73.1 Å². The summed E-state index contributed by atoms with van der Waals surface area (Å²) in [7, 11) is 0. The molecular weight excluding hydrogens is 406 g/mol. The molecule has 2 aromatic carbocycles. The molecule has 8 nitrogen and oxygen atoms in total. The fourth-order valence-corrected chi connectivity index (χ4v) is 4.18. The number of carbonyl (C=O) groups is 2. The fraction of sp³-hybridized carbons (Fsp3) is 0.292. The smallest absolute Gasteiger partial charge is 0.325 e. The van der Waals surface area contributed by atoms with Gasteiger partial charge in [0.2, 0.25) is 0 Å². The van der Waals surface area contributed by atoms with E-state index in [-0.39, 0.29) is 5.91 Å². The number of aromatic amines is 1. The first-order chi connectivity index (χ1) is 15.6. The van der Waals surface area contributed by atoms with E-state index < -0.39 is 12.0 Å². The Bertz CT molecular complexity index is 1140. The number of carbonyl (C=O) groups excluding carboxylic acids is 1. The van der Waals surface area contributed by atoms with Crippen LogP contribution in [0.4, 0.5) is 5.69 Å². The van der Waals surface area contributed by atoms with Gasteiger partial charge in [0.15, 0.2) is 0 Å². The van der Waals surface area contributed by atoms with Crippen molar-refractivity contribution in [3.05, 3.63) is 65.9 Å². The van der Waals surface area contributed by atoms with Crippen LogP contribution in [0.2, 0.25) is 0 Å². The van der Waals surface area contributed by atoms with Crippen LogP contribution in [0.1, 0.15) is 28.4 Å². The van der Waals surface area contributed by atoms with Gasteiger partial charge in [0.25, 0.3) is 5.91 Å². The average Bonchev–Trinajstić information content (AvgIpc) is 3.22. The molecule has 1 amide bonds. The van der Waals surface area contributed by atoms with E-state index in [1.165, 1.54) is 0 Å². The van der Waals surface area contributed by atoms with E-state index in [1.54, 1.807) is 24.4 Å². The van der Waals surface area contributed by atoms with E-state index in [2.05, 4.69) is 21.3 Å². The molecule has 1 unspecified atom stereocenters. The SMILES string of the molecule is N#CCCN1CCN(C(C(=O)O)c2c[nH]c3cc(NC(=O)c4ccccc4)ccc23)CC1. The topological polar surface area (TPSA) is 112 Å². The van der Waals surface area contributed by atoms with Gasteiger partial charge in [-0.3, -0.25) is 19.4 Å². The van der Waals surface area contributed by atoms with Crippen LogP contribution in [-0.4, -0.2) is 64.5 Å². The number of benzene rings is 2. The lowest BCUT2D eigenvalue weighted by molar-refractivity contribution is -0.144. The summed E-state index contributed by atoms with van der Waals surface area (Å²) in [6.45, 7) is 3.44. The number of nitrogens with zero attached hydrogens (tertiary/aromatic N) is 3. The van der Waals surface area contributed by atoms with Gasteiger partial charge in [-0.05, 0) is 24.3 Å². The third-order valence-corrected chi connectivity index (χ3v) is 5.85. The quantitative estimate of drug-likeness (QED) is 0.530. The van der Waals surface area contributed by atoms with Crippen LogP contribution in [0.3, 0.4) is 0 Å². The van der Waals surface area contributed by atoms with Gasteiger partial charge in [0.1, 0.15) is 6.04 Å². The Morgan fingerprint density at radius 1 is 1.12 bits per heavy atom. The van der Waals surface area contributed by atoms with Crippen LogP contribution < -0.4 is 5.32 Å². The zero-order valence-corrected chi connectivity index (χ0v) is 17.6. The molecule has 0 saturated carbocycles. The number of H-pyrrole nitrogens is 1. The van der Waals surface area contributed by atoms with Crippen molar-refractivity contribution < 1.29 is 14.7 Å². The summed E-state index contributed by atoms with van der Waals surface area (Å²) in [6, 6.07) is 15.8. The maximum Gasteiger partial charge on any atom is 0.325 e. The Balaban J connectivity index is 1.51. The van der Waals surface area contributed by atoms with Gasteiger partial charge in [-0.25, -0.2) is 0 Å². The highest BCUT2D eigenvalue weighted by Gasteiger charge is 2.32. The lowest BCUT2D eigenvalue weighted by Gasteiger charge is -2.37. The molecule has 32 heavy (non-hydrogen) atoms. The lowest BCUT2D eigenvalue weighted by atomic mass is 10.0. The highest BCUT2D eigenvalue weighted by molar-refractivity contribution is 6.05. The number of nitriles is 1. The van der Waals surface area contributed by atoms with Gasteiger partial charge in [-0.15, -0.1) is 0 Å². The molecule has 1 aromatic heterocycles. The van der Waals surface area contributed by atoms with Crippen molar-refractivity contribution >= 4 is 28.5 Å². The van der Waals surface area contributed by atoms with Crippen molar-refractivity contribution in [1.82, 2.24) is 14.8 Å². The Hall–Kier alpha value is -3.67. The molecule has 1 atom stereocenters. The Labute approximate surface area is 186 Å². The molecule has 1 aliphatic heterocycles. The first-order valence-corrected chi connectivity index (χ1v) is 10.6. The first kappa shape index (κ1) is 21.6. The molecule has 4 rings (SSSR count). The standard InChI is InChI=1S/C24H25N5O3/c25-9-4-10-28-11-13-29(14-12-28)22(24(31)32)20-16-26-21-15-18(7-8-19(20)21)27-23(30)17-5-2-1-3-6-17/h1-3,5-8,15-16,22,26H,4,10-14H2,(H,27,30)(H,31,32). The van der Waals surface area contributed by atoms with Crippen molar-refractivity contribution in [2.45, 2.75) is 12.5 Å². The number of carboxylic acids is 1. The van der Waals surface area contributed by atoms with E-state index in [4.69, 9.17) is 5.26 Å². The summed E-state index contributed by atoms with van der Waals surface area (Å²) in [5.41, 5.74) is 2.68. The van der Waals surface area contributed by atoms with Crippen molar-refractivity contribution in [1.29, 1.82) is 5.26 Å². The Morgan fingerprint density at radius 2 is 1.88 bits per heavy atom. The van der Waals surface area contributed by atoms with Crippen LogP contribution in [0.25, 0.3) is 10.9 Å². The number of hydrogen-bond acceptors (Lipinski definition) is 5. The number of hydrogen-bond donors (Lipinski definition) is 3. The number of aromatic nitrogens is 1. The predicted molar refractivity (Wildman–Crippen MR) is 121 cm³/mol. The molecule has 8 heteroatoms. The minimum atomic E-state index is -0.891. The van der Waals surface area contributed by atoms with Crippen LogP contribution >= 0.6 is 0 Å². The molecule has 0 aliphatic carbocycles. The average molecular weight is 431 g/mol. The summed E-state index contributed by atoms with van der Waals surface area (Å²) in [6.07, 6.45) is 2.22. The molecule has 3 N–H and O–H groups in total. The summed E-state index contributed by atoms with van der Waals surface area (Å²) in [4.78, 5) is 31.9. The molecule has 1 fully saturated rings. The van der Waals surface area contributed by atoms with E-state index in [0.717, 1.165) is 24.0 Å². The fourth-order valence-electron chi connectivity index (χ4n) is 4.18. The summed E-state index contributed by atoms with van der Waals surface area (Å²) < 4.78 is 0. The number of aliphatic carboxylic acids is 1. The molecule has 0 radical (unpaired) electrons. The van der Waals surface area contributed by atoms with Crippen molar-refractivity contribution in [2.24, 2.45) is 0 Å². The maximum absolute atomic E-state index is 12.4. The normalized spacial score (nSPS) is 15.8. The van der Waals surface area contributed by atoms with Crippen LogP contribution in [0.15, 0.2) is 54.7 Å². The van der Waals surface area contributed by atoms with Crippen molar-refractivity contribution in [2.75, 3.05) is 38.0 Å². The molecule has 1 saturated heterocycles. The second-order valence-electron chi connectivity index (χ2n) is 7.85. The predicted octanol–water partition coefficient (Wildman–Crippen LogP) is 3.08. The second kappa shape index (κ2) is 9.64. The van der Waals surface area contributed by atoms with Crippen LogP contribution in [0.5, 0.6) is 0 Å². The molecular formula is C24H25N5O3. The van der Waals surface area contributed by atoms with E-state index >= 15 is 0 Å². The Morgan fingerprint density at radius 3 is 2.56 bits per heavy atom. The number of rotatable bonds is 7. The first-order valence-electron chi connectivity index (χ1n) is 10.6. The second-order valence-corrected chi connectivity index (χ2v) is 7.85. The number of piperazine rings is 1. The van der Waals surface area contributed by atoms with Crippen molar-refractivity contribution in [3.63, 3.8) is 0 Å². The summed E-state index contributed by atoms with van der Waals surface area (Å²) in [5.74, 6) is -1.09. The summed E-state index contributed by atoms with van der Waals surface area (Å²) in [5, 5.41) is 22.5. The minimum Gasteiger partial charge on any atom is -0.480 e. The Kier molecular flexibility index (Phi) is 6.50. The number of amides is 1. The zero-order valence-electron chi connectivity index (χ0n) is 17.6. The van der Waals surface area contributed by atoms with Crippen LogP contribution in [-0.2, 0) is 4.79 Å². The number of carboxylic acid groups (broad SMARTS) is 1. The minimum absolute atomic E-state index is 0.200. The molecule has 164 valence electrons. The van der Waals surface area contributed by atoms with Gasteiger partial charge >= 0.3 is 5.97 Å². The summed E-state index contributed by atoms with van der Waals surface area (Å²) >= 11 is 0. The number of anilines is 1. The number of nitrogens with one attached hydrogen (secondary N) is 2.